The van der Waals surface area contributed by atoms with Crippen molar-refractivity contribution in [3.8, 4) is 56.7 Å². The molecule has 0 fully saturated rings. The second kappa shape index (κ2) is 14.0. The molecule has 0 amide bonds. The van der Waals surface area contributed by atoms with Crippen LogP contribution in [0, 0.1) is 0 Å². The molecule has 294 valence electrons. The number of hydrogen-bond donors (Lipinski definition) is 0. The Balaban J connectivity index is 1.03. The van der Waals surface area contributed by atoms with E-state index in [1.165, 1.54) is 5.39 Å². The van der Waals surface area contributed by atoms with E-state index in [9.17, 15) is 0 Å². The predicted octanol–water partition coefficient (Wildman–Crippen LogP) is 14.6. The van der Waals surface area contributed by atoms with E-state index >= 15 is 0 Å². The van der Waals surface area contributed by atoms with Crippen molar-refractivity contribution in [1.82, 2.24) is 24.1 Å². The molecule has 13 aromatic rings. The maximum absolute atomic E-state index is 6.30. The molecular weight excluding hydrogens is 771 g/mol. The summed E-state index contributed by atoms with van der Waals surface area (Å²) in [5.41, 5.74) is 13.4. The number of para-hydroxylation sites is 3. The minimum absolute atomic E-state index is 0.560. The van der Waals surface area contributed by atoms with Crippen molar-refractivity contribution < 1.29 is 4.42 Å². The highest BCUT2D eigenvalue weighted by molar-refractivity contribution is 6.16. The Bertz CT molecular complexity index is 3920. The van der Waals surface area contributed by atoms with Gasteiger partial charge in [0.25, 0.3) is 0 Å². The third-order valence-corrected chi connectivity index (χ3v) is 12.4. The SMILES string of the molecule is c1ccc(-c2nc(-c3ccc4c5ccccc5n(-c5cccc(-c6cccc7oc8ccccc8c67)c5)c4c3)nc(-n3c4ccccc4c4c(-c5ccccc5)cccc43)n2)cc1. The lowest BCUT2D eigenvalue weighted by Gasteiger charge is -2.13. The van der Waals surface area contributed by atoms with E-state index in [4.69, 9.17) is 19.4 Å². The van der Waals surface area contributed by atoms with Crippen molar-refractivity contribution in [2.24, 2.45) is 0 Å². The van der Waals surface area contributed by atoms with Crippen molar-refractivity contribution in [3.05, 3.63) is 212 Å². The van der Waals surface area contributed by atoms with Crippen LogP contribution in [0.25, 0.3) is 122 Å². The highest BCUT2D eigenvalue weighted by Crippen LogP contribution is 2.41. The van der Waals surface area contributed by atoms with Gasteiger partial charge in [0.1, 0.15) is 11.2 Å². The zero-order chi connectivity index (χ0) is 41.4. The Morgan fingerprint density at radius 3 is 1.70 bits per heavy atom. The van der Waals surface area contributed by atoms with Gasteiger partial charge < -0.3 is 8.98 Å². The molecule has 13 rings (SSSR count). The predicted molar refractivity (Wildman–Crippen MR) is 258 cm³/mol. The summed E-state index contributed by atoms with van der Waals surface area (Å²) in [6.07, 6.45) is 0. The maximum atomic E-state index is 6.30. The van der Waals surface area contributed by atoms with Crippen molar-refractivity contribution >= 4 is 65.6 Å². The summed E-state index contributed by atoms with van der Waals surface area (Å²) < 4.78 is 10.9. The molecule has 4 heterocycles. The largest absolute Gasteiger partial charge is 0.456 e. The quantitative estimate of drug-likeness (QED) is 0.168. The van der Waals surface area contributed by atoms with Crippen LogP contribution >= 0.6 is 0 Å². The number of aromatic nitrogens is 5. The van der Waals surface area contributed by atoms with Gasteiger partial charge in [0.05, 0.1) is 22.1 Å². The third-order valence-electron chi connectivity index (χ3n) is 12.4. The van der Waals surface area contributed by atoms with E-state index in [0.29, 0.717) is 17.6 Å². The van der Waals surface area contributed by atoms with E-state index in [0.717, 1.165) is 99.2 Å². The molecular formula is C57H35N5O. The molecule has 6 nitrogen and oxygen atoms in total. The van der Waals surface area contributed by atoms with Crippen LogP contribution in [0.5, 0.6) is 0 Å². The fourth-order valence-electron chi connectivity index (χ4n) is 9.62. The van der Waals surface area contributed by atoms with Gasteiger partial charge in [-0.15, -0.1) is 0 Å². The van der Waals surface area contributed by atoms with Crippen LogP contribution in [0.1, 0.15) is 0 Å². The van der Waals surface area contributed by atoms with E-state index < -0.39 is 0 Å². The summed E-state index contributed by atoms with van der Waals surface area (Å²) in [4.78, 5) is 15.8. The molecule has 0 saturated heterocycles. The van der Waals surface area contributed by atoms with E-state index in [2.05, 4.69) is 191 Å². The number of furan rings is 1. The summed E-state index contributed by atoms with van der Waals surface area (Å²) in [7, 11) is 0. The Kier molecular flexibility index (Phi) is 7.80. The highest BCUT2D eigenvalue weighted by Gasteiger charge is 2.21. The maximum Gasteiger partial charge on any atom is 0.238 e. The van der Waals surface area contributed by atoms with Gasteiger partial charge in [0.2, 0.25) is 5.95 Å². The zero-order valence-corrected chi connectivity index (χ0v) is 33.9. The molecule has 0 aliphatic carbocycles. The molecule has 4 aromatic heterocycles. The molecule has 0 spiro atoms. The van der Waals surface area contributed by atoms with Gasteiger partial charge in [0, 0.05) is 49.1 Å². The van der Waals surface area contributed by atoms with Crippen molar-refractivity contribution in [2.75, 3.05) is 0 Å². The monoisotopic (exact) mass is 805 g/mol. The fourth-order valence-corrected chi connectivity index (χ4v) is 9.62. The molecule has 6 heteroatoms. The molecule has 0 saturated carbocycles. The Morgan fingerprint density at radius 2 is 0.889 bits per heavy atom. The highest BCUT2D eigenvalue weighted by atomic mass is 16.3. The lowest BCUT2D eigenvalue weighted by Crippen LogP contribution is -2.06. The average Bonchev–Trinajstić information content (AvgIpc) is 4.02. The molecule has 0 N–H and O–H groups in total. The van der Waals surface area contributed by atoms with E-state index in [-0.39, 0.29) is 0 Å². The second-order valence-electron chi connectivity index (χ2n) is 16.0. The van der Waals surface area contributed by atoms with Gasteiger partial charge in [-0.2, -0.15) is 9.97 Å². The zero-order valence-electron chi connectivity index (χ0n) is 33.9. The van der Waals surface area contributed by atoms with Gasteiger partial charge in [-0.05, 0) is 70.8 Å². The number of nitrogens with zero attached hydrogens (tertiary/aromatic N) is 5. The van der Waals surface area contributed by atoms with Gasteiger partial charge in [-0.25, -0.2) is 4.98 Å². The van der Waals surface area contributed by atoms with Crippen molar-refractivity contribution in [1.29, 1.82) is 0 Å². The van der Waals surface area contributed by atoms with Gasteiger partial charge in [-0.1, -0.05) is 164 Å². The Hall–Kier alpha value is -8.61. The lowest BCUT2D eigenvalue weighted by atomic mass is 9.99. The van der Waals surface area contributed by atoms with Crippen molar-refractivity contribution in [3.63, 3.8) is 0 Å². The van der Waals surface area contributed by atoms with Gasteiger partial charge >= 0.3 is 0 Å². The Morgan fingerprint density at radius 1 is 0.317 bits per heavy atom. The van der Waals surface area contributed by atoms with E-state index in [1.54, 1.807) is 0 Å². The molecule has 0 unspecified atom stereocenters. The summed E-state index contributed by atoms with van der Waals surface area (Å²) in [6, 6.07) is 74.4. The first kappa shape index (κ1) is 35.2. The number of fused-ring (bicyclic) bond motifs is 9. The molecule has 9 aromatic carbocycles. The minimum atomic E-state index is 0.560. The number of hydrogen-bond acceptors (Lipinski definition) is 4. The van der Waals surface area contributed by atoms with E-state index in [1.807, 2.05) is 30.3 Å². The lowest BCUT2D eigenvalue weighted by molar-refractivity contribution is 0.669. The molecule has 0 radical (unpaired) electrons. The average molecular weight is 806 g/mol. The van der Waals surface area contributed by atoms with Crippen LogP contribution in [0.2, 0.25) is 0 Å². The topological polar surface area (TPSA) is 61.7 Å². The molecule has 63 heavy (non-hydrogen) atoms. The van der Waals surface area contributed by atoms with Crippen LogP contribution in [0.4, 0.5) is 0 Å². The summed E-state index contributed by atoms with van der Waals surface area (Å²) in [5, 5.41) is 6.85. The van der Waals surface area contributed by atoms with Gasteiger partial charge in [0.15, 0.2) is 11.6 Å². The molecule has 0 aliphatic heterocycles. The first-order valence-electron chi connectivity index (χ1n) is 21.2. The van der Waals surface area contributed by atoms with Crippen LogP contribution < -0.4 is 0 Å². The van der Waals surface area contributed by atoms with Gasteiger partial charge in [-0.3, -0.25) is 4.57 Å². The molecule has 0 aliphatic rings. The number of benzene rings is 9. The number of rotatable bonds is 6. The van der Waals surface area contributed by atoms with Crippen LogP contribution in [0.3, 0.4) is 0 Å². The Labute approximate surface area is 361 Å². The summed E-state index contributed by atoms with van der Waals surface area (Å²) in [6.45, 7) is 0. The van der Waals surface area contributed by atoms with Crippen molar-refractivity contribution in [2.45, 2.75) is 0 Å². The smallest absolute Gasteiger partial charge is 0.238 e. The first-order valence-corrected chi connectivity index (χ1v) is 21.2. The van der Waals surface area contributed by atoms with Crippen LogP contribution in [-0.4, -0.2) is 24.1 Å². The van der Waals surface area contributed by atoms with Crippen LogP contribution in [0.15, 0.2) is 217 Å². The molecule has 0 bridgehead atoms. The standard InChI is InChI=1S/C57H35N5O/c1-3-16-36(17-4-1)41-25-14-29-49-53(41)45-23-8-11-28-48(45)62(49)57-59-55(37-18-5-2-6-19-37)58-56(60-57)39-32-33-44-43-22-7-10-27-47(43)61(50(44)35-39)40-21-13-20-38(34-40)42-26-15-31-52-54(42)46-24-9-12-30-51(46)63-52/h1-35H. The second-order valence-corrected chi connectivity index (χ2v) is 16.0. The summed E-state index contributed by atoms with van der Waals surface area (Å²) in [5.74, 6) is 1.76. The molecule has 0 atom stereocenters. The summed E-state index contributed by atoms with van der Waals surface area (Å²) >= 11 is 0. The fraction of sp³-hybridized carbons (Fsp3) is 0. The normalized spacial score (nSPS) is 11.8. The first-order chi connectivity index (χ1) is 31.2. The minimum Gasteiger partial charge on any atom is -0.456 e. The third kappa shape index (κ3) is 5.55. The van der Waals surface area contributed by atoms with Crippen LogP contribution in [-0.2, 0) is 0 Å².